The zero-order valence-corrected chi connectivity index (χ0v) is 12.9. The third-order valence-electron chi connectivity index (χ3n) is 3.10. The second kappa shape index (κ2) is 5.55. The predicted octanol–water partition coefficient (Wildman–Crippen LogP) is 3.62. The molecule has 0 amide bonds. The van der Waals surface area contributed by atoms with Gasteiger partial charge in [-0.1, -0.05) is 20.8 Å². The molecule has 0 aliphatic rings. The summed E-state index contributed by atoms with van der Waals surface area (Å²) in [5.41, 5.74) is 7.55. The van der Waals surface area contributed by atoms with Crippen molar-refractivity contribution >= 4 is 22.9 Å². The van der Waals surface area contributed by atoms with E-state index in [0.29, 0.717) is 17.2 Å². The second-order valence-electron chi connectivity index (χ2n) is 5.93. The van der Waals surface area contributed by atoms with E-state index < -0.39 is 4.92 Å². The Labute approximate surface area is 127 Å². The molecule has 8 heteroatoms. The molecule has 1 aromatic heterocycles. The molecule has 1 aromatic carbocycles. The van der Waals surface area contributed by atoms with E-state index in [4.69, 9.17) is 5.73 Å². The average molecular weight is 302 g/mol. The van der Waals surface area contributed by atoms with Crippen LogP contribution in [0.25, 0.3) is 0 Å². The number of aryl methyl sites for hydroxylation is 1. The maximum Gasteiger partial charge on any atom is 0.269 e. The summed E-state index contributed by atoms with van der Waals surface area (Å²) in [6, 6.07) is 5.83. The first kappa shape index (κ1) is 15.6. The Hall–Kier alpha value is -2.77. The third-order valence-corrected chi connectivity index (χ3v) is 3.10. The fourth-order valence-electron chi connectivity index (χ4n) is 1.88. The Morgan fingerprint density at radius 3 is 2.32 bits per heavy atom. The Morgan fingerprint density at radius 2 is 1.82 bits per heavy atom. The number of nitrogens with two attached hydrogens (primary N) is 1. The highest BCUT2D eigenvalue weighted by molar-refractivity contribution is 5.63. The SMILES string of the molecule is Cn1nc(C(C)(C)C)c(N=Nc2ccc([N+](=O)[O-])cc2)c1N. The zero-order valence-electron chi connectivity index (χ0n) is 12.9. The molecular formula is C14H18N6O2. The van der Waals surface area contributed by atoms with Crippen LogP contribution in [0.5, 0.6) is 0 Å². The Balaban J connectivity index is 2.36. The highest BCUT2D eigenvalue weighted by Gasteiger charge is 2.25. The monoisotopic (exact) mass is 302 g/mol. The van der Waals surface area contributed by atoms with Gasteiger partial charge in [-0.15, -0.1) is 5.11 Å². The largest absolute Gasteiger partial charge is 0.382 e. The highest BCUT2D eigenvalue weighted by atomic mass is 16.6. The molecule has 2 rings (SSSR count). The molecule has 0 atom stereocenters. The predicted molar refractivity (Wildman–Crippen MR) is 83.6 cm³/mol. The van der Waals surface area contributed by atoms with E-state index in [0.717, 1.165) is 5.69 Å². The molecule has 0 aliphatic carbocycles. The summed E-state index contributed by atoms with van der Waals surface area (Å²) in [5, 5.41) is 23.3. The molecule has 2 aromatic rings. The number of benzene rings is 1. The number of aromatic nitrogens is 2. The minimum absolute atomic E-state index is 0.00947. The lowest BCUT2D eigenvalue weighted by Crippen LogP contribution is -2.12. The molecule has 116 valence electrons. The normalized spacial score (nSPS) is 12.0. The number of nitro groups is 1. The Morgan fingerprint density at radius 1 is 1.23 bits per heavy atom. The average Bonchev–Trinajstić information content (AvgIpc) is 2.73. The van der Waals surface area contributed by atoms with Crippen LogP contribution in [-0.2, 0) is 12.5 Å². The molecule has 8 nitrogen and oxygen atoms in total. The van der Waals surface area contributed by atoms with Gasteiger partial charge in [-0.05, 0) is 12.1 Å². The van der Waals surface area contributed by atoms with Crippen molar-refractivity contribution in [2.75, 3.05) is 5.73 Å². The van der Waals surface area contributed by atoms with Crippen LogP contribution >= 0.6 is 0 Å². The van der Waals surface area contributed by atoms with E-state index in [9.17, 15) is 10.1 Å². The van der Waals surface area contributed by atoms with Crippen molar-refractivity contribution in [2.24, 2.45) is 17.3 Å². The number of hydrogen-bond acceptors (Lipinski definition) is 6. The molecule has 1 heterocycles. The minimum atomic E-state index is -0.461. The standard InChI is InChI=1S/C14H18N6O2/c1-14(2,3)12-11(13(15)19(4)18-12)17-16-9-5-7-10(8-6-9)20(21)22/h5-8H,15H2,1-4H3. The van der Waals surface area contributed by atoms with Crippen LogP contribution in [0.1, 0.15) is 26.5 Å². The second-order valence-corrected chi connectivity index (χ2v) is 5.93. The van der Waals surface area contributed by atoms with E-state index >= 15 is 0 Å². The van der Waals surface area contributed by atoms with Crippen LogP contribution in [0.15, 0.2) is 34.5 Å². The van der Waals surface area contributed by atoms with E-state index in [1.165, 1.54) is 24.3 Å². The number of hydrogen-bond donors (Lipinski definition) is 1. The number of non-ortho nitro benzene ring substituents is 1. The number of nitro benzene ring substituents is 1. The van der Waals surface area contributed by atoms with E-state index in [1.807, 2.05) is 20.8 Å². The van der Waals surface area contributed by atoms with Crippen molar-refractivity contribution in [3.05, 3.63) is 40.1 Å². The maximum absolute atomic E-state index is 10.6. The molecule has 0 saturated heterocycles. The van der Waals surface area contributed by atoms with Crippen molar-refractivity contribution in [1.82, 2.24) is 9.78 Å². The molecule has 0 aliphatic heterocycles. The van der Waals surface area contributed by atoms with Gasteiger partial charge in [0.05, 0.1) is 16.3 Å². The van der Waals surface area contributed by atoms with Gasteiger partial charge < -0.3 is 5.73 Å². The summed E-state index contributed by atoms with van der Waals surface area (Å²) < 4.78 is 1.56. The van der Waals surface area contributed by atoms with E-state index in [-0.39, 0.29) is 11.1 Å². The van der Waals surface area contributed by atoms with Crippen LogP contribution in [-0.4, -0.2) is 14.7 Å². The minimum Gasteiger partial charge on any atom is -0.382 e. The van der Waals surface area contributed by atoms with E-state index in [2.05, 4.69) is 15.3 Å². The molecular weight excluding hydrogens is 284 g/mol. The molecule has 0 saturated carbocycles. The quantitative estimate of drug-likeness (QED) is 0.530. The first-order chi connectivity index (χ1) is 10.2. The number of nitrogens with zero attached hydrogens (tertiary/aromatic N) is 5. The van der Waals surface area contributed by atoms with Crippen LogP contribution in [0, 0.1) is 10.1 Å². The molecule has 0 spiro atoms. The van der Waals surface area contributed by atoms with Gasteiger partial charge in [-0.3, -0.25) is 14.8 Å². The lowest BCUT2D eigenvalue weighted by Gasteiger charge is -2.15. The van der Waals surface area contributed by atoms with Crippen LogP contribution in [0.4, 0.5) is 22.9 Å². The summed E-state index contributed by atoms with van der Waals surface area (Å²) in [6.45, 7) is 6.04. The van der Waals surface area contributed by atoms with Crippen molar-refractivity contribution in [3.8, 4) is 0 Å². The molecule has 0 bridgehead atoms. The van der Waals surface area contributed by atoms with Crippen molar-refractivity contribution in [3.63, 3.8) is 0 Å². The summed E-state index contributed by atoms with van der Waals surface area (Å²) in [6.07, 6.45) is 0. The number of rotatable bonds is 3. The van der Waals surface area contributed by atoms with Gasteiger partial charge in [0.25, 0.3) is 5.69 Å². The number of anilines is 1. The molecule has 2 N–H and O–H groups in total. The summed E-state index contributed by atoms with van der Waals surface area (Å²) in [4.78, 5) is 10.2. The lowest BCUT2D eigenvalue weighted by atomic mass is 9.91. The van der Waals surface area contributed by atoms with Crippen LogP contribution in [0.2, 0.25) is 0 Å². The fourth-order valence-corrected chi connectivity index (χ4v) is 1.88. The van der Waals surface area contributed by atoms with Crippen LogP contribution in [0.3, 0.4) is 0 Å². The lowest BCUT2D eigenvalue weighted by molar-refractivity contribution is -0.384. The van der Waals surface area contributed by atoms with Crippen molar-refractivity contribution < 1.29 is 4.92 Å². The third kappa shape index (κ3) is 3.11. The summed E-state index contributed by atoms with van der Waals surface area (Å²) in [7, 11) is 1.75. The number of nitrogen functional groups attached to an aromatic ring is 1. The Kier molecular flexibility index (Phi) is 3.94. The molecule has 0 fully saturated rings. The zero-order chi connectivity index (χ0) is 16.5. The highest BCUT2D eigenvalue weighted by Crippen LogP contribution is 2.36. The molecule has 0 unspecified atom stereocenters. The first-order valence-electron chi connectivity index (χ1n) is 6.69. The van der Waals surface area contributed by atoms with Crippen molar-refractivity contribution in [1.29, 1.82) is 0 Å². The van der Waals surface area contributed by atoms with Gasteiger partial charge in [0.15, 0.2) is 5.69 Å². The van der Waals surface area contributed by atoms with Crippen LogP contribution < -0.4 is 5.73 Å². The fraction of sp³-hybridized carbons (Fsp3) is 0.357. The maximum atomic E-state index is 10.6. The van der Waals surface area contributed by atoms with E-state index in [1.54, 1.807) is 11.7 Å². The van der Waals surface area contributed by atoms with Crippen molar-refractivity contribution in [2.45, 2.75) is 26.2 Å². The first-order valence-corrected chi connectivity index (χ1v) is 6.69. The number of azo groups is 1. The molecule has 0 radical (unpaired) electrons. The smallest absolute Gasteiger partial charge is 0.269 e. The van der Waals surface area contributed by atoms with Gasteiger partial charge >= 0.3 is 0 Å². The van der Waals surface area contributed by atoms with Gasteiger partial charge in [-0.25, -0.2) is 0 Å². The summed E-state index contributed by atoms with van der Waals surface area (Å²) >= 11 is 0. The Bertz CT molecular complexity index is 725. The topological polar surface area (TPSA) is 112 Å². The van der Waals surface area contributed by atoms with Gasteiger partial charge in [-0.2, -0.15) is 10.2 Å². The summed E-state index contributed by atoms with van der Waals surface area (Å²) in [5.74, 6) is 0.426. The molecule has 22 heavy (non-hydrogen) atoms. The van der Waals surface area contributed by atoms with Gasteiger partial charge in [0, 0.05) is 24.6 Å². The van der Waals surface area contributed by atoms with Gasteiger partial charge in [0.1, 0.15) is 5.82 Å². The van der Waals surface area contributed by atoms with Gasteiger partial charge in [0.2, 0.25) is 0 Å².